The topological polar surface area (TPSA) is 111 Å². The van der Waals surface area contributed by atoms with E-state index < -0.39 is 36.5 Å². The van der Waals surface area contributed by atoms with Crippen LogP contribution in [-0.4, -0.2) is 54.1 Å². The van der Waals surface area contributed by atoms with Crippen molar-refractivity contribution in [3.8, 4) is 0 Å². The van der Waals surface area contributed by atoms with Crippen molar-refractivity contribution in [2.24, 2.45) is 0 Å². The van der Waals surface area contributed by atoms with E-state index in [0.29, 0.717) is 0 Å². The van der Waals surface area contributed by atoms with Gasteiger partial charge in [0.2, 0.25) is 5.91 Å². The molecule has 0 aromatic heterocycles. The average molecular weight is 289 g/mol. The Bertz CT molecular complexity index is 384. The van der Waals surface area contributed by atoms with Crippen LogP contribution >= 0.6 is 0 Å². The first-order chi connectivity index (χ1) is 9.29. The summed E-state index contributed by atoms with van der Waals surface area (Å²) in [6, 6.07) is -0.610. The zero-order chi connectivity index (χ0) is 15.3. The summed E-state index contributed by atoms with van der Waals surface area (Å²) in [4.78, 5) is 33.1. The molecule has 114 valence electrons. The molecule has 0 saturated carbocycles. The maximum absolute atomic E-state index is 11.2. The third-order valence-electron chi connectivity index (χ3n) is 2.69. The van der Waals surface area contributed by atoms with Gasteiger partial charge in [-0.3, -0.25) is 14.4 Å². The van der Waals surface area contributed by atoms with Gasteiger partial charge in [-0.25, -0.2) is 0 Å². The first kappa shape index (κ1) is 16.4. The fourth-order valence-corrected chi connectivity index (χ4v) is 2.03. The van der Waals surface area contributed by atoms with Crippen LogP contribution < -0.4 is 5.32 Å². The summed E-state index contributed by atoms with van der Waals surface area (Å²) in [5, 5.41) is 12.2. The summed E-state index contributed by atoms with van der Waals surface area (Å²) in [5.41, 5.74) is 0. The predicted molar refractivity (Wildman–Crippen MR) is 65.3 cm³/mol. The Balaban J connectivity index is 2.82. The minimum atomic E-state index is -1.14. The molecule has 0 unspecified atom stereocenters. The Labute approximate surface area is 116 Å². The summed E-state index contributed by atoms with van der Waals surface area (Å²) >= 11 is 0. The number of amides is 1. The number of hydrogen-bond acceptors (Lipinski definition) is 7. The molecule has 1 rings (SSSR count). The molecule has 1 heterocycles. The number of rotatable bonds is 4. The third-order valence-corrected chi connectivity index (χ3v) is 2.69. The van der Waals surface area contributed by atoms with Crippen LogP contribution in [0.3, 0.4) is 0 Å². The van der Waals surface area contributed by atoms with Gasteiger partial charge in [0, 0.05) is 27.2 Å². The maximum atomic E-state index is 11.2. The molecule has 0 aliphatic carbocycles. The van der Waals surface area contributed by atoms with Crippen LogP contribution in [0.5, 0.6) is 0 Å². The Hall–Kier alpha value is -1.67. The van der Waals surface area contributed by atoms with Crippen LogP contribution in [0.4, 0.5) is 0 Å². The van der Waals surface area contributed by atoms with Crippen molar-refractivity contribution in [3.05, 3.63) is 0 Å². The number of aliphatic hydroxyl groups excluding tert-OH is 1. The molecule has 20 heavy (non-hydrogen) atoms. The molecular formula is C12H19NO7. The lowest BCUT2D eigenvalue weighted by atomic mass is 9.98. The zero-order valence-electron chi connectivity index (χ0n) is 11.6. The van der Waals surface area contributed by atoms with Crippen LogP contribution in [0.15, 0.2) is 0 Å². The number of aliphatic hydroxyl groups is 1. The summed E-state index contributed by atoms with van der Waals surface area (Å²) in [7, 11) is 0. The average Bonchev–Trinajstić information content (AvgIpc) is 2.28. The van der Waals surface area contributed by atoms with Crippen molar-refractivity contribution in [2.45, 2.75) is 51.7 Å². The van der Waals surface area contributed by atoms with Crippen LogP contribution in [0.25, 0.3) is 0 Å². The summed E-state index contributed by atoms with van der Waals surface area (Å²) in [5.74, 6) is -1.41. The monoisotopic (exact) mass is 289 g/mol. The zero-order valence-corrected chi connectivity index (χ0v) is 11.6. The second-order valence-corrected chi connectivity index (χ2v) is 4.55. The second-order valence-electron chi connectivity index (χ2n) is 4.55. The number of esters is 2. The molecule has 1 aliphatic heterocycles. The number of hydrogen-bond donors (Lipinski definition) is 2. The van der Waals surface area contributed by atoms with Gasteiger partial charge in [-0.2, -0.15) is 0 Å². The lowest BCUT2D eigenvalue weighted by Gasteiger charge is -2.39. The standard InChI is InChI=1S/C12H19NO7/c1-6(14)13-9-4-11(17)20-10(5-18-7(2)15)12(9)19-8(3)16/h9-12,17H,4-5H2,1-3H3,(H,13,14)/t9-,10-,11+,12+/m1/s1. The number of ether oxygens (including phenoxy) is 3. The minimum absolute atomic E-state index is 0.0775. The fourth-order valence-electron chi connectivity index (χ4n) is 2.03. The van der Waals surface area contributed by atoms with Gasteiger partial charge >= 0.3 is 11.9 Å². The minimum Gasteiger partial charge on any atom is -0.463 e. The molecule has 0 bridgehead atoms. The molecule has 0 radical (unpaired) electrons. The number of carbonyl (C=O) groups is 3. The van der Waals surface area contributed by atoms with E-state index in [1.54, 1.807) is 0 Å². The van der Waals surface area contributed by atoms with Crippen LogP contribution in [0.2, 0.25) is 0 Å². The fraction of sp³-hybridized carbons (Fsp3) is 0.750. The molecule has 4 atom stereocenters. The van der Waals surface area contributed by atoms with Crippen molar-refractivity contribution in [1.82, 2.24) is 5.32 Å². The number of nitrogens with one attached hydrogen (secondary N) is 1. The predicted octanol–water partition coefficient (Wildman–Crippen LogP) is -0.907. The first-order valence-electron chi connectivity index (χ1n) is 6.20. The van der Waals surface area contributed by atoms with E-state index in [1.807, 2.05) is 0 Å². The van der Waals surface area contributed by atoms with Gasteiger partial charge < -0.3 is 24.6 Å². The smallest absolute Gasteiger partial charge is 0.303 e. The highest BCUT2D eigenvalue weighted by molar-refractivity contribution is 5.73. The Morgan fingerprint density at radius 2 is 1.90 bits per heavy atom. The molecule has 0 aromatic carbocycles. The molecular weight excluding hydrogens is 270 g/mol. The van der Waals surface area contributed by atoms with Gasteiger partial charge in [0.15, 0.2) is 12.4 Å². The Kier molecular flexibility index (Phi) is 5.90. The molecule has 1 saturated heterocycles. The highest BCUT2D eigenvalue weighted by Gasteiger charge is 2.41. The maximum Gasteiger partial charge on any atom is 0.303 e. The number of carbonyl (C=O) groups excluding carboxylic acids is 3. The van der Waals surface area contributed by atoms with Crippen LogP contribution in [-0.2, 0) is 28.6 Å². The van der Waals surface area contributed by atoms with E-state index >= 15 is 0 Å². The SMILES string of the molecule is CC(=O)N[C@@H]1C[C@@H](O)O[C@H](COC(C)=O)[C@H]1OC(C)=O. The van der Waals surface area contributed by atoms with Gasteiger partial charge in [-0.15, -0.1) is 0 Å². The van der Waals surface area contributed by atoms with Gasteiger partial charge in [0.1, 0.15) is 12.7 Å². The third kappa shape index (κ3) is 5.14. The highest BCUT2D eigenvalue weighted by atomic mass is 16.6. The van der Waals surface area contributed by atoms with Crippen molar-refractivity contribution < 1.29 is 33.7 Å². The van der Waals surface area contributed by atoms with Gasteiger partial charge in [0.05, 0.1) is 6.04 Å². The Morgan fingerprint density at radius 1 is 1.25 bits per heavy atom. The second kappa shape index (κ2) is 7.20. The van der Waals surface area contributed by atoms with Crippen molar-refractivity contribution in [1.29, 1.82) is 0 Å². The quantitative estimate of drug-likeness (QED) is 0.645. The van der Waals surface area contributed by atoms with Crippen LogP contribution in [0, 0.1) is 0 Å². The van der Waals surface area contributed by atoms with Crippen LogP contribution in [0.1, 0.15) is 27.2 Å². The Morgan fingerprint density at radius 3 is 2.40 bits per heavy atom. The molecule has 0 aromatic rings. The largest absolute Gasteiger partial charge is 0.463 e. The van der Waals surface area contributed by atoms with Gasteiger partial charge in [0.25, 0.3) is 0 Å². The molecule has 1 fully saturated rings. The van der Waals surface area contributed by atoms with E-state index in [-0.39, 0.29) is 18.9 Å². The molecule has 8 nitrogen and oxygen atoms in total. The lowest BCUT2D eigenvalue weighted by molar-refractivity contribution is -0.228. The normalized spacial score (nSPS) is 29.4. The van der Waals surface area contributed by atoms with Gasteiger partial charge in [-0.05, 0) is 0 Å². The molecule has 2 N–H and O–H groups in total. The summed E-state index contributed by atoms with van der Waals surface area (Å²) < 4.78 is 15.1. The van der Waals surface area contributed by atoms with Gasteiger partial charge in [-0.1, -0.05) is 0 Å². The molecule has 1 amide bonds. The van der Waals surface area contributed by atoms with E-state index in [2.05, 4.69) is 5.32 Å². The van der Waals surface area contributed by atoms with Crippen molar-refractivity contribution >= 4 is 17.8 Å². The summed E-state index contributed by atoms with van der Waals surface area (Å²) in [6.45, 7) is 3.58. The first-order valence-corrected chi connectivity index (χ1v) is 6.20. The van der Waals surface area contributed by atoms with E-state index in [4.69, 9.17) is 14.2 Å². The van der Waals surface area contributed by atoms with E-state index in [0.717, 1.165) is 0 Å². The van der Waals surface area contributed by atoms with Crippen molar-refractivity contribution in [2.75, 3.05) is 6.61 Å². The lowest BCUT2D eigenvalue weighted by Crippen LogP contribution is -2.58. The van der Waals surface area contributed by atoms with E-state index in [9.17, 15) is 19.5 Å². The van der Waals surface area contributed by atoms with E-state index in [1.165, 1.54) is 20.8 Å². The summed E-state index contributed by atoms with van der Waals surface area (Å²) in [6.07, 6.45) is -2.74. The molecule has 8 heteroatoms. The highest BCUT2D eigenvalue weighted by Crippen LogP contribution is 2.22. The molecule has 0 spiro atoms. The molecule has 1 aliphatic rings. The van der Waals surface area contributed by atoms with Crippen molar-refractivity contribution in [3.63, 3.8) is 0 Å².